The van der Waals surface area contributed by atoms with Gasteiger partial charge in [-0.3, -0.25) is 4.79 Å². The number of alkyl halides is 5. The van der Waals surface area contributed by atoms with Crippen LogP contribution in [0.3, 0.4) is 0 Å². The second kappa shape index (κ2) is 4.32. The average molecular weight is 260 g/mol. The van der Waals surface area contributed by atoms with E-state index >= 15 is 0 Å². The van der Waals surface area contributed by atoms with Gasteiger partial charge in [-0.1, -0.05) is 11.6 Å². The summed E-state index contributed by atoms with van der Waals surface area (Å²) in [7, 11) is 0. The number of hydrogen-bond acceptors (Lipinski definition) is 2. The molecule has 0 bridgehead atoms. The first-order valence-electron chi connectivity index (χ1n) is 3.78. The number of pyridine rings is 1. The van der Waals surface area contributed by atoms with Crippen LogP contribution in [0.25, 0.3) is 0 Å². The van der Waals surface area contributed by atoms with Gasteiger partial charge in [0.1, 0.15) is 5.69 Å². The highest BCUT2D eigenvalue weighted by Gasteiger charge is 2.37. The highest BCUT2D eigenvalue weighted by molar-refractivity contribution is 6.33. The van der Waals surface area contributed by atoms with Gasteiger partial charge in [-0.25, -0.2) is 13.8 Å². The summed E-state index contributed by atoms with van der Waals surface area (Å²) in [6.07, 6.45) is -8.38. The minimum atomic E-state index is -5.01. The molecule has 0 fully saturated rings. The van der Waals surface area contributed by atoms with Crippen LogP contribution in [0.5, 0.6) is 0 Å². The number of nitrogens with zero attached hydrogens (tertiary/aromatic N) is 1. The van der Waals surface area contributed by atoms with Gasteiger partial charge in [0.05, 0.1) is 10.6 Å². The largest absolute Gasteiger partial charge is 0.434 e. The molecule has 1 rings (SSSR count). The van der Waals surface area contributed by atoms with E-state index in [1.807, 2.05) is 0 Å². The second-order valence-electron chi connectivity index (χ2n) is 2.71. The number of halogens is 6. The van der Waals surface area contributed by atoms with Crippen LogP contribution in [0, 0.1) is 0 Å². The first kappa shape index (κ1) is 12.8. The molecule has 0 radical (unpaired) electrons. The van der Waals surface area contributed by atoms with Crippen molar-refractivity contribution in [1.82, 2.24) is 4.98 Å². The van der Waals surface area contributed by atoms with Gasteiger partial charge in [-0.2, -0.15) is 13.2 Å². The summed E-state index contributed by atoms with van der Waals surface area (Å²) in [5.41, 5.74) is -3.77. The first-order valence-corrected chi connectivity index (χ1v) is 4.16. The van der Waals surface area contributed by atoms with Crippen molar-refractivity contribution >= 4 is 17.9 Å². The van der Waals surface area contributed by atoms with E-state index < -0.39 is 34.6 Å². The zero-order chi connectivity index (χ0) is 12.5. The average Bonchev–Trinajstić information content (AvgIpc) is 2.14. The summed E-state index contributed by atoms with van der Waals surface area (Å²) >= 11 is 5.28. The van der Waals surface area contributed by atoms with Gasteiger partial charge in [-0.15, -0.1) is 0 Å². The molecule has 8 heteroatoms. The van der Waals surface area contributed by atoms with E-state index in [9.17, 15) is 26.7 Å². The molecule has 16 heavy (non-hydrogen) atoms. The second-order valence-corrected chi connectivity index (χ2v) is 3.11. The minimum Gasteiger partial charge on any atom is -0.298 e. The molecule has 2 nitrogen and oxygen atoms in total. The van der Waals surface area contributed by atoms with Gasteiger partial charge in [0.15, 0.2) is 12.0 Å². The van der Waals surface area contributed by atoms with Crippen molar-refractivity contribution in [1.29, 1.82) is 0 Å². The molecule has 0 unspecified atom stereocenters. The van der Waals surface area contributed by atoms with E-state index in [4.69, 9.17) is 11.6 Å². The molecule has 0 aromatic carbocycles. The molecule has 0 aliphatic rings. The predicted molar refractivity (Wildman–Crippen MR) is 44.6 cm³/mol. The van der Waals surface area contributed by atoms with Gasteiger partial charge >= 0.3 is 6.18 Å². The highest BCUT2D eigenvalue weighted by atomic mass is 35.5. The van der Waals surface area contributed by atoms with Crippen LogP contribution < -0.4 is 0 Å². The van der Waals surface area contributed by atoms with E-state index in [2.05, 4.69) is 4.98 Å². The monoisotopic (exact) mass is 259 g/mol. The summed E-state index contributed by atoms with van der Waals surface area (Å²) in [4.78, 5) is 13.0. The van der Waals surface area contributed by atoms with Crippen molar-refractivity contribution in [2.24, 2.45) is 0 Å². The van der Waals surface area contributed by atoms with Gasteiger partial charge in [0.25, 0.3) is 6.43 Å². The van der Waals surface area contributed by atoms with Gasteiger partial charge < -0.3 is 0 Å². The van der Waals surface area contributed by atoms with Crippen LogP contribution in [-0.4, -0.2) is 11.3 Å². The molecule has 0 aliphatic heterocycles. The Kier molecular flexibility index (Phi) is 3.47. The number of carbonyl (C=O) groups is 1. The molecule has 0 saturated heterocycles. The van der Waals surface area contributed by atoms with Crippen molar-refractivity contribution in [3.05, 3.63) is 28.0 Å². The Balaban J connectivity index is 3.49. The lowest BCUT2D eigenvalue weighted by molar-refractivity contribution is -0.141. The fourth-order valence-electron chi connectivity index (χ4n) is 0.982. The van der Waals surface area contributed by atoms with Gasteiger partial charge in [0, 0.05) is 0 Å². The summed E-state index contributed by atoms with van der Waals surface area (Å²) in [5.74, 6) is 0. The molecular formula is C8H3ClF5NO. The normalized spacial score (nSPS) is 11.9. The minimum absolute atomic E-state index is 0.173. The smallest absolute Gasteiger partial charge is 0.298 e. The molecule has 0 N–H and O–H groups in total. The van der Waals surface area contributed by atoms with Crippen LogP contribution in [-0.2, 0) is 6.18 Å². The van der Waals surface area contributed by atoms with E-state index in [-0.39, 0.29) is 6.29 Å². The zero-order valence-corrected chi connectivity index (χ0v) is 8.11. The number of aromatic nitrogens is 1. The van der Waals surface area contributed by atoms with Gasteiger partial charge in [-0.05, 0) is 6.07 Å². The Morgan fingerprint density at radius 2 is 1.94 bits per heavy atom. The molecule has 88 valence electrons. The van der Waals surface area contributed by atoms with Crippen molar-refractivity contribution in [2.75, 3.05) is 0 Å². The summed E-state index contributed by atoms with van der Waals surface area (Å²) in [6.45, 7) is 0. The maximum absolute atomic E-state index is 12.3. The van der Waals surface area contributed by atoms with Crippen LogP contribution in [0.1, 0.15) is 28.2 Å². The van der Waals surface area contributed by atoms with Crippen molar-refractivity contribution in [3.8, 4) is 0 Å². The summed E-state index contributed by atoms with van der Waals surface area (Å²) in [6, 6.07) is 0.533. The molecule has 1 aromatic rings. The predicted octanol–water partition coefficient (Wildman–Crippen LogP) is 3.50. The van der Waals surface area contributed by atoms with Crippen molar-refractivity contribution in [2.45, 2.75) is 12.6 Å². The van der Waals surface area contributed by atoms with E-state index in [1.165, 1.54) is 0 Å². The molecule has 1 heterocycles. The van der Waals surface area contributed by atoms with Crippen molar-refractivity contribution in [3.63, 3.8) is 0 Å². The molecule has 0 saturated carbocycles. The molecule has 0 atom stereocenters. The Labute approximate surface area is 91.0 Å². The Bertz CT molecular complexity index is 418. The molecule has 0 amide bonds. The Morgan fingerprint density at radius 1 is 1.38 bits per heavy atom. The third-order valence-electron chi connectivity index (χ3n) is 1.64. The van der Waals surface area contributed by atoms with E-state index in [0.717, 1.165) is 0 Å². The topological polar surface area (TPSA) is 30.0 Å². The van der Waals surface area contributed by atoms with Crippen LogP contribution >= 0.6 is 11.6 Å². The van der Waals surface area contributed by atoms with Crippen LogP contribution in [0.4, 0.5) is 22.0 Å². The highest BCUT2D eigenvalue weighted by Crippen LogP contribution is 2.34. The lowest BCUT2D eigenvalue weighted by Gasteiger charge is -2.11. The quantitative estimate of drug-likeness (QED) is 0.601. The molecule has 0 aliphatic carbocycles. The number of aldehydes is 1. The number of hydrogen-bond donors (Lipinski definition) is 0. The molecular weight excluding hydrogens is 257 g/mol. The maximum atomic E-state index is 12.3. The Morgan fingerprint density at radius 3 is 2.31 bits per heavy atom. The SMILES string of the molecule is O=Cc1c(Cl)cc(C(F)F)nc1C(F)(F)F. The third-order valence-corrected chi connectivity index (χ3v) is 1.95. The summed E-state index contributed by atoms with van der Waals surface area (Å²) in [5, 5.41) is -0.701. The zero-order valence-electron chi connectivity index (χ0n) is 7.36. The van der Waals surface area contributed by atoms with Crippen LogP contribution in [0.2, 0.25) is 5.02 Å². The van der Waals surface area contributed by atoms with Crippen molar-refractivity contribution < 1.29 is 26.7 Å². The Hall–Kier alpha value is -1.24. The fraction of sp³-hybridized carbons (Fsp3) is 0.250. The van der Waals surface area contributed by atoms with Gasteiger partial charge in [0.2, 0.25) is 0 Å². The van der Waals surface area contributed by atoms with E-state index in [0.29, 0.717) is 6.07 Å². The summed E-state index contributed by atoms with van der Waals surface area (Å²) < 4.78 is 61.3. The third kappa shape index (κ3) is 2.46. The number of carbonyl (C=O) groups excluding carboxylic acids is 1. The molecule has 0 spiro atoms. The lowest BCUT2D eigenvalue weighted by Crippen LogP contribution is -2.14. The van der Waals surface area contributed by atoms with E-state index in [1.54, 1.807) is 0 Å². The lowest BCUT2D eigenvalue weighted by atomic mass is 10.2. The maximum Gasteiger partial charge on any atom is 0.434 e. The first-order chi connectivity index (χ1) is 7.27. The standard InChI is InChI=1S/C8H3ClF5NO/c9-4-1-5(7(10)11)15-6(3(4)2-16)8(12,13)14/h1-2,7H. The molecule has 1 aromatic heterocycles. The number of rotatable bonds is 2. The fourth-order valence-corrected chi connectivity index (χ4v) is 1.23. The van der Waals surface area contributed by atoms with Crippen LogP contribution in [0.15, 0.2) is 6.07 Å².